The number of para-hydroxylation sites is 2. The maximum Gasteiger partial charge on any atom is 0.270 e. The van der Waals surface area contributed by atoms with Gasteiger partial charge in [-0.05, 0) is 26.0 Å². The number of rotatable bonds is 3. The van der Waals surface area contributed by atoms with E-state index >= 15 is 0 Å². The van der Waals surface area contributed by atoms with Crippen LogP contribution in [0.4, 0.5) is 5.82 Å². The SMILES string of the molecule is Cc1cc(NC(=O)C2COc3ccccc3O2)n(C2NC(=O)CC(C)N2)n1. The van der Waals surface area contributed by atoms with Crippen molar-refractivity contribution in [1.82, 2.24) is 20.4 Å². The topological polar surface area (TPSA) is 107 Å². The highest BCUT2D eigenvalue weighted by molar-refractivity contribution is 5.94. The first-order valence-corrected chi connectivity index (χ1v) is 8.80. The number of anilines is 1. The van der Waals surface area contributed by atoms with Crippen LogP contribution in [0.15, 0.2) is 30.3 Å². The lowest BCUT2D eigenvalue weighted by Crippen LogP contribution is -2.52. The molecule has 3 heterocycles. The second kappa shape index (κ2) is 6.92. The number of carbonyl (C=O) groups is 2. The molecule has 3 unspecified atom stereocenters. The molecule has 0 radical (unpaired) electrons. The van der Waals surface area contributed by atoms with Gasteiger partial charge in [0.15, 0.2) is 17.8 Å². The molecule has 2 amide bonds. The number of amides is 2. The van der Waals surface area contributed by atoms with E-state index < -0.39 is 12.4 Å². The first-order valence-electron chi connectivity index (χ1n) is 8.80. The van der Waals surface area contributed by atoms with Crippen molar-refractivity contribution in [2.24, 2.45) is 0 Å². The van der Waals surface area contributed by atoms with Crippen molar-refractivity contribution in [3.05, 3.63) is 36.0 Å². The predicted molar refractivity (Wildman–Crippen MR) is 96.3 cm³/mol. The number of fused-ring (bicyclic) bond motifs is 1. The van der Waals surface area contributed by atoms with Crippen LogP contribution < -0.4 is 25.4 Å². The van der Waals surface area contributed by atoms with E-state index in [9.17, 15) is 9.59 Å². The lowest BCUT2D eigenvalue weighted by molar-refractivity contribution is -0.125. The van der Waals surface area contributed by atoms with Crippen LogP contribution in [0.25, 0.3) is 0 Å². The average Bonchev–Trinajstić information content (AvgIpc) is 3.00. The zero-order valence-corrected chi connectivity index (χ0v) is 15.1. The van der Waals surface area contributed by atoms with E-state index in [-0.39, 0.29) is 24.5 Å². The summed E-state index contributed by atoms with van der Waals surface area (Å²) < 4.78 is 12.9. The van der Waals surface area contributed by atoms with E-state index in [1.807, 2.05) is 26.0 Å². The third-order valence-corrected chi connectivity index (χ3v) is 4.39. The quantitative estimate of drug-likeness (QED) is 0.741. The summed E-state index contributed by atoms with van der Waals surface area (Å²) in [6.07, 6.45) is -0.920. The van der Waals surface area contributed by atoms with Crippen molar-refractivity contribution in [2.75, 3.05) is 11.9 Å². The summed E-state index contributed by atoms with van der Waals surface area (Å²) in [5.41, 5.74) is 0.714. The van der Waals surface area contributed by atoms with Crippen LogP contribution in [0, 0.1) is 6.92 Å². The molecule has 9 nitrogen and oxygen atoms in total. The van der Waals surface area contributed by atoms with Crippen molar-refractivity contribution >= 4 is 17.6 Å². The maximum atomic E-state index is 12.7. The van der Waals surface area contributed by atoms with E-state index in [1.54, 1.807) is 22.9 Å². The van der Waals surface area contributed by atoms with Crippen molar-refractivity contribution in [1.29, 1.82) is 0 Å². The predicted octanol–water partition coefficient (Wildman–Crippen LogP) is 0.924. The molecule has 27 heavy (non-hydrogen) atoms. The van der Waals surface area contributed by atoms with Gasteiger partial charge >= 0.3 is 0 Å². The zero-order valence-electron chi connectivity index (χ0n) is 15.1. The number of nitrogens with zero attached hydrogens (tertiary/aromatic N) is 2. The van der Waals surface area contributed by atoms with Gasteiger partial charge in [0.2, 0.25) is 12.0 Å². The first kappa shape index (κ1) is 17.3. The molecule has 2 aromatic rings. The number of aromatic nitrogens is 2. The van der Waals surface area contributed by atoms with Gasteiger partial charge in [-0.1, -0.05) is 12.1 Å². The Morgan fingerprint density at radius 1 is 1.33 bits per heavy atom. The molecule has 2 aliphatic rings. The Hall–Kier alpha value is -3.07. The molecular weight excluding hydrogens is 350 g/mol. The summed E-state index contributed by atoms with van der Waals surface area (Å²) in [5.74, 6) is 1.19. The summed E-state index contributed by atoms with van der Waals surface area (Å²) in [5, 5.41) is 13.3. The number of carbonyl (C=O) groups excluding carboxylic acids is 2. The molecule has 142 valence electrons. The molecule has 1 saturated heterocycles. The van der Waals surface area contributed by atoms with E-state index in [2.05, 4.69) is 21.0 Å². The fourth-order valence-electron chi connectivity index (χ4n) is 3.15. The van der Waals surface area contributed by atoms with Gasteiger partial charge in [0.25, 0.3) is 5.91 Å². The summed E-state index contributed by atoms with van der Waals surface area (Å²) in [6.45, 7) is 3.85. The first-order chi connectivity index (χ1) is 13.0. The monoisotopic (exact) mass is 371 g/mol. The molecule has 9 heteroatoms. The normalized spacial score (nSPS) is 24.2. The van der Waals surface area contributed by atoms with Crippen LogP contribution in [0.2, 0.25) is 0 Å². The summed E-state index contributed by atoms with van der Waals surface area (Å²) in [4.78, 5) is 24.5. The average molecular weight is 371 g/mol. The minimum Gasteiger partial charge on any atom is -0.485 e. The Labute approximate surface area is 156 Å². The number of hydrogen-bond donors (Lipinski definition) is 3. The van der Waals surface area contributed by atoms with Crippen molar-refractivity contribution < 1.29 is 19.1 Å². The minimum absolute atomic E-state index is 0.00314. The second-order valence-electron chi connectivity index (χ2n) is 6.71. The number of ether oxygens (including phenoxy) is 2. The molecule has 1 fully saturated rings. The van der Waals surface area contributed by atoms with Gasteiger partial charge in [0.1, 0.15) is 12.4 Å². The lowest BCUT2D eigenvalue weighted by atomic mass is 10.2. The standard InChI is InChI=1S/C18H21N5O4/c1-10-8-16(24)21-18(19-10)23-15(7-11(2)22-23)20-17(25)14-9-26-12-5-3-4-6-13(12)27-14/h3-7,10,14,18-19H,8-9H2,1-2H3,(H,20,25)(H,21,24). The number of nitrogens with one attached hydrogen (secondary N) is 3. The van der Waals surface area contributed by atoms with E-state index in [0.717, 1.165) is 0 Å². The fraction of sp³-hybridized carbons (Fsp3) is 0.389. The third-order valence-electron chi connectivity index (χ3n) is 4.39. The number of hydrogen-bond acceptors (Lipinski definition) is 6. The van der Waals surface area contributed by atoms with Gasteiger partial charge in [0.05, 0.1) is 5.69 Å². The van der Waals surface area contributed by atoms with Crippen molar-refractivity contribution in [3.63, 3.8) is 0 Å². The summed E-state index contributed by atoms with van der Waals surface area (Å²) in [6, 6.07) is 8.95. The molecule has 3 atom stereocenters. The van der Waals surface area contributed by atoms with Gasteiger partial charge in [-0.2, -0.15) is 5.10 Å². The summed E-state index contributed by atoms with van der Waals surface area (Å²) >= 11 is 0. The van der Waals surface area contributed by atoms with Gasteiger partial charge < -0.3 is 20.1 Å². The third kappa shape index (κ3) is 3.59. The van der Waals surface area contributed by atoms with Gasteiger partial charge in [0, 0.05) is 18.5 Å². The number of aryl methyl sites for hydroxylation is 1. The number of benzene rings is 1. The van der Waals surface area contributed by atoms with Crippen LogP contribution in [-0.4, -0.2) is 40.3 Å². The van der Waals surface area contributed by atoms with Crippen LogP contribution in [0.3, 0.4) is 0 Å². The highest BCUT2D eigenvalue weighted by Crippen LogP contribution is 2.31. The molecule has 2 aliphatic heterocycles. The molecule has 0 bridgehead atoms. The molecule has 0 aliphatic carbocycles. The Balaban J connectivity index is 1.50. The molecule has 1 aromatic heterocycles. The molecule has 1 aromatic carbocycles. The van der Waals surface area contributed by atoms with E-state index in [4.69, 9.17) is 9.47 Å². The molecule has 0 saturated carbocycles. The second-order valence-corrected chi connectivity index (χ2v) is 6.71. The van der Waals surface area contributed by atoms with Crippen LogP contribution in [0.5, 0.6) is 11.5 Å². The van der Waals surface area contributed by atoms with Gasteiger partial charge in [-0.25, -0.2) is 4.68 Å². The molecular formula is C18H21N5O4. The van der Waals surface area contributed by atoms with Crippen molar-refractivity contribution in [3.8, 4) is 11.5 Å². The van der Waals surface area contributed by atoms with Crippen LogP contribution in [-0.2, 0) is 9.59 Å². The zero-order chi connectivity index (χ0) is 19.0. The highest BCUT2D eigenvalue weighted by Gasteiger charge is 2.30. The smallest absolute Gasteiger partial charge is 0.270 e. The van der Waals surface area contributed by atoms with E-state index in [1.165, 1.54) is 0 Å². The highest BCUT2D eigenvalue weighted by atomic mass is 16.6. The Bertz CT molecular complexity index is 880. The van der Waals surface area contributed by atoms with Crippen LogP contribution >= 0.6 is 0 Å². The minimum atomic E-state index is -0.781. The van der Waals surface area contributed by atoms with E-state index in [0.29, 0.717) is 29.4 Å². The molecule has 4 rings (SSSR count). The summed E-state index contributed by atoms with van der Waals surface area (Å²) in [7, 11) is 0. The largest absolute Gasteiger partial charge is 0.485 e. The molecule has 0 spiro atoms. The lowest BCUT2D eigenvalue weighted by Gasteiger charge is -2.31. The van der Waals surface area contributed by atoms with Crippen molar-refractivity contribution in [2.45, 2.75) is 38.7 Å². The van der Waals surface area contributed by atoms with Gasteiger partial charge in [-0.3, -0.25) is 14.9 Å². The maximum absolute atomic E-state index is 12.7. The Kier molecular flexibility index (Phi) is 4.44. The Morgan fingerprint density at radius 3 is 2.89 bits per heavy atom. The molecule has 3 N–H and O–H groups in total. The fourth-order valence-corrected chi connectivity index (χ4v) is 3.15. The Morgan fingerprint density at radius 2 is 2.11 bits per heavy atom. The van der Waals surface area contributed by atoms with Crippen LogP contribution in [0.1, 0.15) is 25.3 Å². The van der Waals surface area contributed by atoms with Gasteiger partial charge in [-0.15, -0.1) is 0 Å².